The average Bonchev–Trinajstić information content (AvgIpc) is 3.18. The van der Waals surface area contributed by atoms with Gasteiger partial charge in [-0.15, -0.1) is 0 Å². The molecule has 1 aromatic carbocycles. The van der Waals surface area contributed by atoms with Crippen molar-refractivity contribution in [2.45, 2.75) is 45.9 Å². The summed E-state index contributed by atoms with van der Waals surface area (Å²) in [6.07, 6.45) is 2.72. The van der Waals surface area contributed by atoms with Gasteiger partial charge in [0.1, 0.15) is 6.10 Å². The minimum atomic E-state index is -4.40. The molecule has 1 aromatic heterocycles. The van der Waals surface area contributed by atoms with Crippen LogP contribution in [0.3, 0.4) is 0 Å². The average molecular weight is 527 g/mol. The number of amides is 1. The lowest BCUT2D eigenvalue weighted by Gasteiger charge is -2.48. The molecule has 8 heteroatoms. The van der Waals surface area contributed by atoms with E-state index in [1.165, 1.54) is 6.07 Å². The molecule has 2 aliphatic heterocycles. The number of fused-ring (bicyclic) bond motifs is 2. The zero-order valence-electron chi connectivity index (χ0n) is 21.8. The number of cyclic esters (lactones) is 1. The number of piperidine rings is 1. The quantitative estimate of drug-likeness (QED) is 0.452. The third-order valence-corrected chi connectivity index (χ3v) is 8.50. The second-order valence-electron chi connectivity index (χ2n) is 11.2. The first-order valence-electron chi connectivity index (χ1n) is 13.3. The van der Waals surface area contributed by atoms with Crippen LogP contribution in [0.15, 0.2) is 48.7 Å². The number of alkyl halides is 3. The van der Waals surface area contributed by atoms with E-state index in [-0.39, 0.29) is 47.6 Å². The Hall–Kier alpha value is -3.16. The van der Waals surface area contributed by atoms with Gasteiger partial charge in [0.2, 0.25) is 5.91 Å². The Labute approximate surface area is 221 Å². The predicted molar refractivity (Wildman–Crippen MR) is 137 cm³/mol. The molecule has 1 amide bonds. The summed E-state index contributed by atoms with van der Waals surface area (Å²) in [5.74, 6) is 0.547. The van der Waals surface area contributed by atoms with Crippen molar-refractivity contribution in [2.24, 2.45) is 35.5 Å². The molecule has 5 rings (SSSR count). The predicted octanol–water partition coefficient (Wildman–Crippen LogP) is 6.10. The van der Waals surface area contributed by atoms with Crippen LogP contribution < -0.4 is 0 Å². The van der Waals surface area contributed by atoms with Crippen molar-refractivity contribution < 1.29 is 27.5 Å². The Morgan fingerprint density at radius 1 is 1.18 bits per heavy atom. The van der Waals surface area contributed by atoms with Gasteiger partial charge in [-0.1, -0.05) is 38.1 Å². The maximum Gasteiger partial charge on any atom is 0.416 e. The number of hydrogen-bond donors (Lipinski definition) is 0. The van der Waals surface area contributed by atoms with Crippen LogP contribution in [-0.2, 0) is 20.5 Å². The molecule has 2 aromatic rings. The van der Waals surface area contributed by atoms with E-state index in [0.29, 0.717) is 35.8 Å². The fourth-order valence-corrected chi connectivity index (χ4v) is 6.68. The molecule has 0 bridgehead atoms. The van der Waals surface area contributed by atoms with Crippen LogP contribution in [0.5, 0.6) is 0 Å². The summed E-state index contributed by atoms with van der Waals surface area (Å²) < 4.78 is 45.0. The van der Waals surface area contributed by atoms with Crippen molar-refractivity contribution in [2.75, 3.05) is 13.1 Å². The van der Waals surface area contributed by atoms with Gasteiger partial charge in [0.25, 0.3) is 0 Å². The standard InChI is InChI=1S/C30H33F3N2O3/c1-17(2)28(36)35-12-11-24-21(16-35)14-26-27(18(3)38-29(26)37)25(24)10-9-23-8-7-20(15-34-23)19-5-4-6-22(13-19)30(31,32)33/h4-10,13,15,17-18,21,24-27H,11-12,14,16H2,1-3H3/b10-9+. The first-order valence-corrected chi connectivity index (χ1v) is 13.3. The van der Waals surface area contributed by atoms with Crippen LogP contribution in [0.1, 0.15) is 44.9 Å². The van der Waals surface area contributed by atoms with E-state index in [2.05, 4.69) is 11.1 Å². The number of nitrogens with zero attached hydrogens (tertiary/aromatic N) is 2. The number of likely N-dealkylation sites (tertiary alicyclic amines) is 1. The number of allylic oxidation sites excluding steroid dienone is 1. The van der Waals surface area contributed by atoms with Crippen molar-refractivity contribution in [1.29, 1.82) is 0 Å². The van der Waals surface area contributed by atoms with Gasteiger partial charge in [-0.3, -0.25) is 14.6 Å². The van der Waals surface area contributed by atoms with Crippen LogP contribution in [0.4, 0.5) is 13.2 Å². The lowest BCUT2D eigenvalue weighted by Crippen LogP contribution is -2.52. The van der Waals surface area contributed by atoms with Gasteiger partial charge in [0.15, 0.2) is 0 Å². The molecule has 0 spiro atoms. The Morgan fingerprint density at radius 2 is 1.97 bits per heavy atom. The number of benzene rings is 1. The molecule has 0 N–H and O–H groups in total. The Balaban J connectivity index is 1.37. The zero-order valence-corrected chi connectivity index (χ0v) is 21.8. The number of aromatic nitrogens is 1. The highest BCUT2D eigenvalue weighted by Crippen LogP contribution is 2.51. The van der Waals surface area contributed by atoms with Gasteiger partial charge in [0, 0.05) is 36.7 Å². The first-order chi connectivity index (χ1) is 18.0. The van der Waals surface area contributed by atoms with Gasteiger partial charge in [-0.2, -0.15) is 13.2 Å². The SMILES string of the molecule is CC(C)C(=O)N1CCC2C(CC3C(=O)OC(C)C3C2/C=C/c2ccc(-c3cccc(C(F)(F)F)c3)cn2)C1. The highest BCUT2D eigenvalue weighted by Gasteiger charge is 2.54. The third kappa shape index (κ3) is 5.09. The molecule has 0 radical (unpaired) electrons. The second kappa shape index (κ2) is 10.2. The molecule has 1 saturated carbocycles. The molecular weight excluding hydrogens is 493 g/mol. The van der Waals surface area contributed by atoms with Gasteiger partial charge >= 0.3 is 12.1 Å². The minimum Gasteiger partial charge on any atom is -0.462 e. The van der Waals surface area contributed by atoms with Crippen molar-refractivity contribution in [3.05, 3.63) is 59.9 Å². The Morgan fingerprint density at radius 3 is 2.66 bits per heavy atom. The maximum absolute atomic E-state index is 13.1. The molecule has 3 aliphatic rings. The molecule has 2 saturated heterocycles. The van der Waals surface area contributed by atoms with Crippen LogP contribution in [-0.4, -0.2) is 41.0 Å². The molecule has 5 nitrogen and oxygen atoms in total. The fraction of sp³-hybridized carbons (Fsp3) is 0.500. The smallest absolute Gasteiger partial charge is 0.416 e. The largest absolute Gasteiger partial charge is 0.462 e. The monoisotopic (exact) mass is 526 g/mol. The molecule has 3 fully saturated rings. The fourth-order valence-electron chi connectivity index (χ4n) is 6.68. The van der Waals surface area contributed by atoms with E-state index >= 15 is 0 Å². The molecule has 1 aliphatic carbocycles. The van der Waals surface area contributed by atoms with Crippen LogP contribution in [0, 0.1) is 35.5 Å². The van der Waals surface area contributed by atoms with Crippen LogP contribution in [0.2, 0.25) is 0 Å². The number of halogens is 3. The Bertz CT molecular complexity index is 1220. The van der Waals surface area contributed by atoms with E-state index < -0.39 is 11.7 Å². The van der Waals surface area contributed by atoms with E-state index in [4.69, 9.17) is 4.74 Å². The van der Waals surface area contributed by atoms with Crippen LogP contribution in [0.25, 0.3) is 17.2 Å². The summed E-state index contributed by atoms with van der Waals surface area (Å²) in [6.45, 7) is 7.17. The number of hydrogen-bond acceptors (Lipinski definition) is 4. The van der Waals surface area contributed by atoms with Crippen molar-refractivity contribution >= 4 is 18.0 Å². The van der Waals surface area contributed by atoms with Crippen molar-refractivity contribution in [3.63, 3.8) is 0 Å². The van der Waals surface area contributed by atoms with E-state index in [0.717, 1.165) is 25.0 Å². The summed E-state index contributed by atoms with van der Waals surface area (Å²) in [7, 11) is 0. The zero-order chi connectivity index (χ0) is 27.2. The number of esters is 1. The summed E-state index contributed by atoms with van der Waals surface area (Å²) in [5, 5.41) is 0. The number of pyridine rings is 1. The summed E-state index contributed by atoms with van der Waals surface area (Å²) >= 11 is 0. The number of carbonyl (C=O) groups is 2. The molecule has 3 heterocycles. The van der Waals surface area contributed by atoms with Gasteiger partial charge in [-0.05, 0) is 67.4 Å². The second-order valence-corrected chi connectivity index (χ2v) is 11.2. The highest BCUT2D eigenvalue weighted by molar-refractivity contribution is 5.78. The van der Waals surface area contributed by atoms with E-state index in [1.54, 1.807) is 24.4 Å². The van der Waals surface area contributed by atoms with Gasteiger partial charge in [-0.25, -0.2) is 0 Å². The topological polar surface area (TPSA) is 59.5 Å². The molecular formula is C30H33F3N2O3. The lowest BCUT2D eigenvalue weighted by atomic mass is 9.59. The molecule has 38 heavy (non-hydrogen) atoms. The lowest BCUT2D eigenvalue weighted by molar-refractivity contribution is -0.145. The summed E-state index contributed by atoms with van der Waals surface area (Å²) in [4.78, 5) is 31.8. The van der Waals surface area contributed by atoms with Crippen LogP contribution >= 0.6 is 0 Å². The normalized spacial score (nSPS) is 29.3. The van der Waals surface area contributed by atoms with Crippen molar-refractivity contribution in [3.8, 4) is 11.1 Å². The summed E-state index contributed by atoms with van der Waals surface area (Å²) in [5.41, 5.74) is 1.07. The summed E-state index contributed by atoms with van der Waals surface area (Å²) in [6, 6.07) is 8.79. The molecule has 202 valence electrons. The number of rotatable bonds is 4. The molecule has 6 atom stereocenters. The Kier molecular flexibility index (Phi) is 7.09. The maximum atomic E-state index is 13.1. The first kappa shape index (κ1) is 26.4. The number of carbonyl (C=O) groups excluding carboxylic acids is 2. The number of ether oxygens (including phenoxy) is 1. The molecule has 6 unspecified atom stereocenters. The van der Waals surface area contributed by atoms with Crippen molar-refractivity contribution in [1.82, 2.24) is 9.88 Å². The third-order valence-electron chi connectivity index (χ3n) is 8.50. The van der Waals surface area contributed by atoms with Gasteiger partial charge < -0.3 is 9.64 Å². The highest BCUT2D eigenvalue weighted by atomic mass is 19.4. The van der Waals surface area contributed by atoms with Gasteiger partial charge in [0.05, 0.1) is 17.2 Å². The van der Waals surface area contributed by atoms with E-state index in [1.807, 2.05) is 31.7 Å². The van der Waals surface area contributed by atoms with E-state index in [9.17, 15) is 22.8 Å². The minimum absolute atomic E-state index is 0.0555.